The number of ether oxygens (including phenoxy) is 2. The molecule has 2 saturated heterocycles. The highest BCUT2D eigenvalue weighted by atomic mass is 35.5. The van der Waals surface area contributed by atoms with Gasteiger partial charge in [-0.25, -0.2) is 4.39 Å². The summed E-state index contributed by atoms with van der Waals surface area (Å²) in [7, 11) is -4.23. The summed E-state index contributed by atoms with van der Waals surface area (Å²) in [6, 6.07) is 5.00. The van der Waals surface area contributed by atoms with Crippen molar-refractivity contribution < 1.29 is 28.2 Å². The first-order valence-corrected chi connectivity index (χ1v) is 13.5. The van der Waals surface area contributed by atoms with Crippen molar-refractivity contribution in [2.75, 3.05) is 36.3 Å². The molecule has 1 aromatic heterocycles. The van der Waals surface area contributed by atoms with Crippen molar-refractivity contribution in [2.45, 2.75) is 43.4 Å². The quantitative estimate of drug-likeness (QED) is 0.232. The Hall–Kier alpha value is -2.14. The molecule has 0 bridgehead atoms. The van der Waals surface area contributed by atoms with Crippen LogP contribution in [0.5, 0.6) is 0 Å². The smallest absolute Gasteiger partial charge is 0.350 e. The molecule has 2 atom stereocenters. The average molecular weight is 526 g/mol. The second kappa shape index (κ2) is 9.38. The molecule has 188 valence electrons. The van der Waals surface area contributed by atoms with Crippen LogP contribution in [0.3, 0.4) is 0 Å². The van der Waals surface area contributed by atoms with E-state index in [0.29, 0.717) is 43.1 Å². The molecule has 2 aromatic rings. The van der Waals surface area contributed by atoms with Crippen LogP contribution in [-0.4, -0.2) is 64.3 Å². The number of nitrogens with zero attached hydrogens (tertiary/aromatic N) is 3. The van der Waals surface area contributed by atoms with Gasteiger partial charge < -0.3 is 34.9 Å². The van der Waals surface area contributed by atoms with Crippen molar-refractivity contribution in [3.8, 4) is 0 Å². The summed E-state index contributed by atoms with van der Waals surface area (Å²) < 4.78 is 35.8. The molecule has 2 aliphatic heterocycles. The predicted octanol–water partition coefficient (Wildman–Crippen LogP) is 3.04. The van der Waals surface area contributed by atoms with E-state index in [4.69, 9.17) is 36.3 Å². The number of aryl methyl sites for hydroxylation is 1. The zero-order chi connectivity index (χ0) is 24.8. The second-order valence-corrected chi connectivity index (χ2v) is 11.2. The third-order valence-electron chi connectivity index (χ3n) is 6.81. The van der Waals surface area contributed by atoms with Gasteiger partial charge in [-0.2, -0.15) is 9.97 Å². The molecular weight excluding hydrogens is 500 g/mol. The molecule has 3 heterocycles. The van der Waals surface area contributed by atoms with Crippen LogP contribution in [0.25, 0.3) is 0 Å². The fourth-order valence-electron chi connectivity index (χ4n) is 5.24. The van der Waals surface area contributed by atoms with E-state index in [1.54, 1.807) is 6.07 Å². The zero-order valence-corrected chi connectivity index (χ0v) is 20.4. The SMILES string of the molecule is N=Cc1c(NC2CCC(COCP(=O)(O)O)O2)nc(Cl)nc1N1CC2(CCc3ccc(F)cc32)C1. The zero-order valence-electron chi connectivity index (χ0n) is 18.8. The minimum atomic E-state index is -4.23. The summed E-state index contributed by atoms with van der Waals surface area (Å²) in [5, 5.41) is 11.2. The fraction of sp³-hybridized carbons (Fsp3) is 0.500. The molecule has 10 nitrogen and oxygen atoms in total. The molecule has 2 unspecified atom stereocenters. The number of rotatable bonds is 8. The van der Waals surface area contributed by atoms with E-state index >= 15 is 0 Å². The number of benzene rings is 1. The third kappa shape index (κ3) is 5.07. The molecule has 35 heavy (non-hydrogen) atoms. The molecule has 0 saturated carbocycles. The maximum atomic E-state index is 13.9. The number of fused-ring (bicyclic) bond motifs is 2. The number of nitrogens with one attached hydrogen (secondary N) is 2. The van der Waals surface area contributed by atoms with Gasteiger partial charge in [0, 0.05) is 24.7 Å². The van der Waals surface area contributed by atoms with Crippen LogP contribution in [-0.2, 0) is 25.9 Å². The molecule has 1 aliphatic carbocycles. The van der Waals surface area contributed by atoms with Gasteiger partial charge >= 0.3 is 7.60 Å². The van der Waals surface area contributed by atoms with Crippen molar-refractivity contribution in [1.82, 2.24) is 9.97 Å². The lowest BCUT2D eigenvalue weighted by Crippen LogP contribution is -2.59. The van der Waals surface area contributed by atoms with Crippen LogP contribution in [0.15, 0.2) is 18.2 Å². The lowest BCUT2D eigenvalue weighted by Gasteiger charge is -2.50. The number of halogens is 2. The van der Waals surface area contributed by atoms with Crippen molar-refractivity contribution in [2.24, 2.45) is 0 Å². The number of hydrogen-bond donors (Lipinski definition) is 4. The van der Waals surface area contributed by atoms with E-state index in [2.05, 4.69) is 15.3 Å². The first kappa shape index (κ1) is 24.5. The highest BCUT2D eigenvalue weighted by molar-refractivity contribution is 7.51. The summed E-state index contributed by atoms with van der Waals surface area (Å²) in [6.45, 7) is 1.36. The standard InChI is InChI=1S/C22H26ClFN5O5P/c23-21-27-19(26-18-4-3-15(34-18)9-33-12-35(30,31)32)16(8-25)20(28-21)29-10-22(11-29)6-5-13-1-2-14(24)7-17(13)22/h1-2,7-8,15,18,25H,3-6,9-12H2,(H,26,27,28)(H2,30,31,32). The third-order valence-corrected chi connectivity index (χ3v) is 7.50. The largest absolute Gasteiger partial charge is 0.366 e. The van der Waals surface area contributed by atoms with Gasteiger partial charge in [0.25, 0.3) is 0 Å². The second-order valence-electron chi connectivity index (χ2n) is 9.29. The van der Waals surface area contributed by atoms with E-state index in [9.17, 15) is 8.96 Å². The Balaban J connectivity index is 1.27. The van der Waals surface area contributed by atoms with E-state index in [1.807, 2.05) is 11.0 Å². The Bertz CT molecular complexity index is 1190. The fourth-order valence-corrected chi connectivity index (χ4v) is 5.74. The van der Waals surface area contributed by atoms with Crippen LogP contribution < -0.4 is 10.2 Å². The van der Waals surface area contributed by atoms with Gasteiger partial charge in [-0.1, -0.05) is 6.07 Å². The average Bonchev–Trinajstić information content (AvgIpc) is 3.35. The number of aromatic nitrogens is 2. The van der Waals surface area contributed by atoms with Crippen molar-refractivity contribution in [3.05, 3.63) is 46.0 Å². The van der Waals surface area contributed by atoms with Gasteiger partial charge in [-0.3, -0.25) is 4.57 Å². The summed E-state index contributed by atoms with van der Waals surface area (Å²) in [5.74, 6) is 0.676. The van der Waals surface area contributed by atoms with Crippen molar-refractivity contribution in [3.63, 3.8) is 0 Å². The first-order valence-electron chi connectivity index (χ1n) is 11.3. The minimum absolute atomic E-state index is 0.0337. The normalized spacial score (nSPS) is 22.8. The molecule has 0 amide bonds. The van der Waals surface area contributed by atoms with Crippen LogP contribution >= 0.6 is 19.2 Å². The molecule has 13 heteroatoms. The van der Waals surface area contributed by atoms with Crippen LogP contribution in [0.2, 0.25) is 5.28 Å². The lowest BCUT2D eigenvalue weighted by molar-refractivity contribution is 0.00143. The molecule has 2 fully saturated rings. The van der Waals surface area contributed by atoms with E-state index in [-0.39, 0.29) is 29.2 Å². The Labute approximate surface area is 206 Å². The van der Waals surface area contributed by atoms with E-state index in [1.165, 1.54) is 17.8 Å². The molecular formula is C22H26ClFN5O5P. The molecule has 1 spiro atoms. The maximum absolute atomic E-state index is 13.9. The molecule has 4 N–H and O–H groups in total. The van der Waals surface area contributed by atoms with Crippen molar-refractivity contribution in [1.29, 1.82) is 5.41 Å². The van der Waals surface area contributed by atoms with Crippen LogP contribution in [0, 0.1) is 11.2 Å². The summed E-state index contributed by atoms with van der Waals surface area (Å²) >= 11 is 6.23. The van der Waals surface area contributed by atoms with Gasteiger partial charge in [0.1, 0.15) is 30.0 Å². The molecule has 1 aromatic carbocycles. The molecule has 0 radical (unpaired) electrons. The molecule has 5 rings (SSSR count). The summed E-state index contributed by atoms with van der Waals surface area (Å²) in [6.07, 6.45) is 2.88. The minimum Gasteiger partial charge on any atom is -0.366 e. The number of hydrogen-bond acceptors (Lipinski definition) is 8. The van der Waals surface area contributed by atoms with Gasteiger partial charge in [-0.15, -0.1) is 0 Å². The maximum Gasteiger partial charge on any atom is 0.350 e. The topological polar surface area (TPSA) is 141 Å². The summed E-state index contributed by atoms with van der Waals surface area (Å²) in [4.78, 5) is 28.5. The predicted molar refractivity (Wildman–Crippen MR) is 128 cm³/mol. The van der Waals surface area contributed by atoms with Crippen LogP contribution in [0.4, 0.5) is 16.0 Å². The van der Waals surface area contributed by atoms with Gasteiger partial charge in [0.15, 0.2) is 0 Å². The van der Waals surface area contributed by atoms with Gasteiger partial charge in [-0.05, 0) is 60.5 Å². The van der Waals surface area contributed by atoms with Crippen LogP contribution in [0.1, 0.15) is 36.0 Å². The highest BCUT2D eigenvalue weighted by Crippen LogP contribution is 2.47. The van der Waals surface area contributed by atoms with Gasteiger partial charge in [0.2, 0.25) is 5.28 Å². The summed E-state index contributed by atoms with van der Waals surface area (Å²) in [5.41, 5.74) is 2.58. The first-order chi connectivity index (χ1) is 16.7. The van der Waals surface area contributed by atoms with E-state index < -0.39 is 20.2 Å². The Morgan fingerprint density at radius 1 is 1.37 bits per heavy atom. The van der Waals surface area contributed by atoms with Gasteiger partial charge in [0.05, 0.1) is 18.3 Å². The van der Waals surface area contributed by atoms with E-state index in [0.717, 1.165) is 18.4 Å². The lowest BCUT2D eigenvalue weighted by atomic mass is 9.74. The Morgan fingerprint density at radius 3 is 2.91 bits per heavy atom. The molecule has 3 aliphatic rings. The Kier molecular flexibility index (Phi) is 6.58. The monoisotopic (exact) mass is 525 g/mol. The Morgan fingerprint density at radius 2 is 2.17 bits per heavy atom. The number of anilines is 2. The van der Waals surface area contributed by atoms with Crippen molar-refractivity contribution >= 4 is 37.0 Å². The highest BCUT2D eigenvalue weighted by Gasteiger charge is 2.49.